The van der Waals surface area contributed by atoms with Crippen LogP contribution in [0.1, 0.15) is 17.3 Å². The van der Waals surface area contributed by atoms with E-state index in [2.05, 4.69) is 22.6 Å². The number of Topliss-reactive ketones (excluding diaryl/α,β-unsaturated/α-hetero) is 1. The van der Waals surface area contributed by atoms with E-state index in [4.69, 9.17) is 0 Å². The lowest BCUT2D eigenvalue weighted by Gasteiger charge is -2.06. The first-order valence-electron chi connectivity index (χ1n) is 4.86. The van der Waals surface area contributed by atoms with E-state index >= 15 is 0 Å². The van der Waals surface area contributed by atoms with E-state index in [1.807, 2.05) is 49.4 Å². The van der Waals surface area contributed by atoms with E-state index in [1.165, 1.54) is 0 Å². The monoisotopic (exact) mass is 310 g/mol. The molecule has 2 rings (SSSR count). The number of halogens is 1. The fraction of sp³-hybridized carbons (Fsp3) is 0.154. The Balaban J connectivity index is 2.66. The number of rotatable bonds is 2. The molecule has 2 aromatic carbocycles. The molecule has 1 unspecified atom stereocenters. The molecule has 76 valence electrons. The van der Waals surface area contributed by atoms with Crippen LogP contribution in [0.3, 0.4) is 0 Å². The van der Waals surface area contributed by atoms with Gasteiger partial charge in [0, 0.05) is 5.56 Å². The van der Waals surface area contributed by atoms with E-state index < -0.39 is 0 Å². The second-order valence-corrected chi connectivity index (χ2v) is 5.38. The Bertz CT molecular complexity index is 497. The number of hydrogen-bond acceptors (Lipinski definition) is 1. The molecule has 0 fully saturated rings. The molecule has 0 radical (unpaired) electrons. The highest BCUT2D eigenvalue weighted by Crippen LogP contribution is 2.21. The summed E-state index contributed by atoms with van der Waals surface area (Å²) in [5.41, 5.74) is 0.829. The maximum atomic E-state index is 12.0. The molecule has 0 aliphatic rings. The van der Waals surface area contributed by atoms with Crippen LogP contribution in [0.15, 0.2) is 42.5 Å². The minimum Gasteiger partial charge on any atom is -0.293 e. The number of fused-ring (bicyclic) bond motifs is 1. The van der Waals surface area contributed by atoms with Crippen LogP contribution in [0.2, 0.25) is 0 Å². The fourth-order valence-corrected chi connectivity index (χ4v) is 1.99. The second-order valence-electron chi connectivity index (χ2n) is 3.51. The third kappa shape index (κ3) is 2.04. The van der Waals surface area contributed by atoms with Crippen LogP contribution in [0, 0.1) is 0 Å². The highest BCUT2D eigenvalue weighted by Gasteiger charge is 2.13. The van der Waals surface area contributed by atoms with E-state index in [0.29, 0.717) is 0 Å². The Morgan fingerprint density at radius 1 is 1.13 bits per heavy atom. The Hall–Kier alpha value is -0.900. The zero-order valence-electron chi connectivity index (χ0n) is 8.41. The number of ketones is 1. The minimum absolute atomic E-state index is 0.0217. The number of alkyl halides is 1. The van der Waals surface area contributed by atoms with Gasteiger partial charge < -0.3 is 0 Å². The van der Waals surface area contributed by atoms with Crippen LogP contribution in [-0.4, -0.2) is 9.71 Å². The maximum absolute atomic E-state index is 12.0. The minimum atomic E-state index is 0.0217. The predicted octanol–water partition coefficient (Wildman–Crippen LogP) is 3.85. The molecule has 0 saturated carbocycles. The third-order valence-electron chi connectivity index (χ3n) is 2.42. The van der Waals surface area contributed by atoms with Crippen molar-refractivity contribution >= 4 is 39.1 Å². The summed E-state index contributed by atoms with van der Waals surface area (Å²) in [5.74, 6) is 0.201. The first-order valence-corrected chi connectivity index (χ1v) is 6.11. The Kier molecular flexibility index (Phi) is 3.05. The van der Waals surface area contributed by atoms with Gasteiger partial charge in [0.05, 0.1) is 3.92 Å². The molecule has 0 heterocycles. The van der Waals surface area contributed by atoms with Gasteiger partial charge in [0.2, 0.25) is 0 Å². The fourth-order valence-electron chi connectivity index (χ4n) is 1.65. The topological polar surface area (TPSA) is 17.1 Å². The summed E-state index contributed by atoms with van der Waals surface area (Å²) in [7, 11) is 0. The van der Waals surface area contributed by atoms with Crippen molar-refractivity contribution in [2.24, 2.45) is 0 Å². The summed E-state index contributed by atoms with van der Waals surface area (Å²) in [6, 6.07) is 13.9. The molecule has 2 heteroatoms. The number of carbonyl (C=O) groups is 1. The molecule has 0 aliphatic carbocycles. The summed E-state index contributed by atoms with van der Waals surface area (Å²) >= 11 is 2.16. The van der Waals surface area contributed by atoms with Gasteiger partial charge in [-0.2, -0.15) is 0 Å². The Morgan fingerprint density at radius 3 is 2.53 bits per heavy atom. The molecule has 0 aromatic heterocycles. The number of benzene rings is 2. The number of carbonyl (C=O) groups excluding carboxylic acids is 1. The largest absolute Gasteiger partial charge is 0.293 e. The zero-order valence-corrected chi connectivity index (χ0v) is 10.6. The van der Waals surface area contributed by atoms with E-state index in [1.54, 1.807) is 0 Å². The summed E-state index contributed by atoms with van der Waals surface area (Å²) in [6.07, 6.45) is 0. The molecule has 0 N–H and O–H groups in total. The summed E-state index contributed by atoms with van der Waals surface area (Å²) < 4.78 is 0.0217. The van der Waals surface area contributed by atoms with Crippen molar-refractivity contribution in [3.63, 3.8) is 0 Å². The lowest BCUT2D eigenvalue weighted by atomic mass is 10.0. The van der Waals surface area contributed by atoms with E-state index in [9.17, 15) is 4.79 Å². The van der Waals surface area contributed by atoms with Crippen LogP contribution in [-0.2, 0) is 0 Å². The first kappa shape index (κ1) is 10.6. The van der Waals surface area contributed by atoms with Gasteiger partial charge in [0.25, 0.3) is 0 Å². The maximum Gasteiger partial charge on any atom is 0.175 e. The molecule has 0 spiro atoms. The third-order valence-corrected chi connectivity index (χ3v) is 2.98. The average Bonchev–Trinajstić information content (AvgIpc) is 2.27. The average molecular weight is 310 g/mol. The normalized spacial score (nSPS) is 12.7. The predicted molar refractivity (Wildman–Crippen MR) is 71.8 cm³/mol. The van der Waals surface area contributed by atoms with Gasteiger partial charge in [-0.25, -0.2) is 0 Å². The Morgan fingerprint density at radius 2 is 1.80 bits per heavy atom. The second kappa shape index (κ2) is 4.31. The van der Waals surface area contributed by atoms with Crippen LogP contribution < -0.4 is 0 Å². The summed E-state index contributed by atoms with van der Waals surface area (Å²) in [5, 5.41) is 2.17. The van der Waals surface area contributed by atoms with Gasteiger partial charge in [-0.3, -0.25) is 4.79 Å². The van der Waals surface area contributed by atoms with Crippen molar-refractivity contribution in [1.29, 1.82) is 0 Å². The van der Waals surface area contributed by atoms with Crippen molar-refractivity contribution in [3.8, 4) is 0 Å². The van der Waals surface area contributed by atoms with Gasteiger partial charge in [0.15, 0.2) is 5.78 Å². The SMILES string of the molecule is CC(I)C(=O)c1cccc2ccccc12. The van der Waals surface area contributed by atoms with Gasteiger partial charge in [0.1, 0.15) is 0 Å². The van der Waals surface area contributed by atoms with Crippen molar-refractivity contribution in [2.75, 3.05) is 0 Å². The summed E-state index contributed by atoms with van der Waals surface area (Å²) in [6.45, 7) is 1.92. The molecule has 0 amide bonds. The van der Waals surface area contributed by atoms with Gasteiger partial charge in [-0.05, 0) is 17.7 Å². The highest BCUT2D eigenvalue weighted by molar-refractivity contribution is 14.1. The molecule has 0 bridgehead atoms. The van der Waals surface area contributed by atoms with Crippen molar-refractivity contribution in [3.05, 3.63) is 48.0 Å². The lowest BCUT2D eigenvalue weighted by Crippen LogP contribution is -2.10. The van der Waals surface area contributed by atoms with Crippen LogP contribution in [0.5, 0.6) is 0 Å². The van der Waals surface area contributed by atoms with Gasteiger partial charge in [-0.1, -0.05) is 65.1 Å². The lowest BCUT2D eigenvalue weighted by molar-refractivity contribution is 0.1000. The quantitative estimate of drug-likeness (QED) is 0.468. The molecule has 15 heavy (non-hydrogen) atoms. The van der Waals surface area contributed by atoms with Crippen LogP contribution in [0.25, 0.3) is 10.8 Å². The van der Waals surface area contributed by atoms with E-state index in [0.717, 1.165) is 16.3 Å². The molecular weight excluding hydrogens is 299 g/mol. The van der Waals surface area contributed by atoms with Crippen molar-refractivity contribution in [1.82, 2.24) is 0 Å². The molecule has 0 saturated heterocycles. The molecule has 0 aliphatic heterocycles. The number of hydrogen-bond donors (Lipinski definition) is 0. The van der Waals surface area contributed by atoms with Gasteiger partial charge in [-0.15, -0.1) is 0 Å². The van der Waals surface area contributed by atoms with Gasteiger partial charge >= 0.3 is 0 Å². The standard InChI is InChI=1S/C13H11IO/c1-9(14)13(15)12-8-4-6-10-5-2-3-7-11(10)12/h2-9H,1H3. The Labute approximate surface area is 103 Å². The smallest absolute Gasteiger partial charge is 0.175 e. The van der Waals surface area contributed by atoms with Crippen molar-refractivity contribution in [2.45, 2.75) is 10.8 Å². The van der Waals surface area contributed by atoms with Crippen LogP contribution >= 0.6 is 22.6 Å². The van der Waals surface area contributed by atoms with Crippen molar-refractivity contribution < 1.29 is 4.79 Å². The molecule has 2 aromatic rings. The molecule has 1 nitrogen and oxygen atoms in total. The molecular formula is C13H11IO. The first-order chi connectivity index (χ1) is 7.20. The summed E-state index contributed by atoms with van der Waals surface area (Å²) in [4.78, 5) is 12.0. The van der Waals surface area contributed by atoms with E-state index in [-0.39, 0.29) is 9.71 Å². The van der Waals surface area contributed by atoms with Crippen LogP contribution in [0.4, 0.5) is 0 Å². The highest BCUT2D eigenvalue weighted by atomic mass is 127. The zero-order chi connectivity index (χ0) is 10.8. The molecule has 1 atom stereocenters.